The summed E-state index contributed by atoms with van der Waals surface area (Å²) in [5.74, 6) is 0.0889. The average Bonchev–Trinajstić information content (AvgIpc) is 2.62. The summed E-state index contributed by atoms with van der Waals surface area (Å²) < 4.78 is 0. The number of hydrogen-bond donors (Lipinski definition) is 0. The zero-order valence-electron chi connectivity index (χ0n) is 12.3. The highest BCUT2D eigenvalue weighted by molar-refractivity contribution is 5.94. The Morgan fingerprint density at radius 2 is 1.68 bits per heavy atom. The Bertz CT molecular complexity index is 698. The summed E-state index contributed by atoms with van der Waals surface area (Å²) in [6.45, 7) is 2.97. The first kappa shape index (κ1) is 14.2. The first-order valence-corrected chi connectivity index (χ1v) is 7.37. The number of rotatable bonds is 2. The van der Waals surface area contributed by atoms with Gasteiger partial charge in [0.25, 0.3) is 5.91 Å². The first-order chi connectivity index (χ1) is 10.8. The Kier molecular flexibility index (Phi) is 4.06. The summed E-state index contributed by atoms with van der Waals surface area (Å²) in [7, 11) is 0. The number of nitriles is 1. The maximum Gasteiger partial charge on any atom is 0.253 e. The fourth-order valence-corrected chi connectivity index (χ4v) is 2.70. The van der Waals surface area contributed by atoms with Gasteiger partial charge in [-0.15, -0.1) is 0 Å². The maximum absolute atomic E-state index is 12.4. The van der Waals surface area contributed by atoms with E-state index in [1.165, 1.54) is 0 Å². The van der Waals surface area contributed by atoms with E-state index in [4.69, 9.17) is 5.26 Å². The van der Waals surface area contributed by atoms with Gasteiger partial charge in [-0.2, -0.15) is 5.26 Å². The summed E-state index contributed by atoms with van der Waals surface area (Å²) in [5, 5.41) is 8.98. The van der Waals surface area contributed by atoms with E-state index in [2.05, 4.69) is 11.0 Å². The number of benzene rings is 2. The molecule has 2 aromatic rings. The van der Waals surface area contributed by atoms with Crippen molar-refractivity contribution in [2.45, 2.75) is 0 Å². The molecule has 0 atom stereocenters. The van der Waals surface area contributed by atoms with E-state index >= 15 is 0 Å². The van der Waals surface area contributed by atoms with Crippen molar-refractivity contribution in [2.24, 2.45) is 0 Å². The fourth-order valence-electron chi connectivity index (χ4n) is 2.70. The topological polar surface area (TPSA) is 47.3 Å². The van der Waals surface area contributed by atoms with Crippen LogP contribution in [0.15, 0.2) is 54.6 Å². The summed E-state index contributed by atoms with van der Waals surface area (Å²) in [6, 6.07) is 19.2. The molecule has 0 saturated carbocycles. The van der Waals surface area contributed by atoms with Crippen molar-refractivity contribution >= 4 is 11.6 Å². The van der Waals surface area contributed by atoms with Gasteiger partial charge in [-0.25, -0.2) is 0 Å². The minimum Gasteiger partial charge on any atom is -0.368 e. The Morgan fingerprint density at radius 1 is 0.955 bits per heavy atom. The number of carbonyl (C=O) groups is 1. The van der Waals surface area contributed by atoms with E-state index in [-0.39, 0.29) is 5.91 Å². The minimum atomic E-state index is 0.0889. The monoisotopic (exact) mass is 291 g/mol. The lowest BCUT2D eigenvalue weighted by molar-refractivity contribution is 0.0747. The highest BCUT2D eigenvalue weighted by Crippen LogP contribution is 2.18. The molecular weight excluding hydrogens is 274 g/mol. The molecule has 1 heterocycles. The van der Waals surface area contributed by atoms with Crippen LogP contribution in [0.1, 0.15) is 15.9 Å². The molecule has 4 heteroatoms. The second kappa shape index (κ2) is 6.31. The molecule has 1 aliphatic rings. The third kappa shape index (κ3) is 2.94. The molecule has 4 nitrogen and oxygen atoms in total. The van der Waals surface area contributed by atoms with Crippen LogP contribution in [0, 0.1) is 11.3 Å². The van der Waals surface area contributed by atoms with E-state index in [1.807, 2.05) is 53.4 Å². The largest absolute Gasteiger partial charge is 0.368 e. The van der Waals surface area contributed by atoms with Crippen LogP contribution in [0.2, 0.25) is 0 Å². The van der Waals surface area contributed by atoms with Crippen LogP contribution in [0.4, 0.5) is 5.69 Å². The molecule has 0 N–H and O–H groups in total. The van der Waals surface area contributed by atoms with Crippen LogP contribution in [0.25, 0.3) is 0 Å². The van der Waals surface area contributed by atoms with Gasteiger partial charge in [0.1, 0.15) is 0 Å². The van der Waals surface area contributed by atoms with Gasteiger partial charge < -0.3 is 9.80 Å². The number of anilines is 1. The standard InChI is InChI=1S/C18H17N3O/c19-14-15-5-4-8-17(13-15)20-9-11-21(12-10-20)18(22)16-6-2-1-3-7-16/h1-8,13H,9-12H2. The van der Waals surface area contributed by atoms with Gasteiger partial charge in [-0.05, 0) is 30.3 Å². The molecule has 0 aliphatic carbocycles. The number of hydrogen-bond acceptors (Lipinski definition) is 3. The van der Waals surface area contributed by atoms with E-state index in [0.29, 0.717) is 18.7 Å². The Morgan fingerprint density at radius 3 is 2.36 bits per heavy atom. The van der Waals surface area contributed by atoms with Gasteiger partial charge in [0, 0.05) is 37.4 Å². The van der Waals surface area contributed by atoms with Crippen LogP contribution in [0.5, 0.6) is 0 Å². The van der Waals surface area contributed by atoms with Crippen LogP contribution >= 0.6 is 0 Å². The van der Waals surface area contributed by atoms with Gasteiger partial charge in [0.05, 0.1) is 11.6 Å². The Hall–Kier alpha value is -2.80. The molecule has 1 saturated heterocycles. The van der Waals surface area contributed by atoms with Crippen molar-refractivity contribution in [1.82, 2.24) is 4.90 Å². The lowest BCUT2D eigenvalue weighted by Crippen LogP contribution is -2.48. The van der Waals surface area contributed by atoms with Crippen molar-refractivity contribution in [2.75, 3.05) is 31.1 Å². The average molecular weight is 291 g/mol. The molecule has 3 rings (SSSR count). The van der Waals surface area contributed by atoms with Gasteiger partial charge in [0.15, 0.2) is 0 Å². The maximum atomic E-state index is 12.4. The van der Waals surface area contributed by atoms with Crippen LogP contribution in [-0.2, 0) is 0 Å². The molecule has 0 spiro atoms. The molecule has 110 valence electrons. The summed E-state index contributed by atoms with van der Waals surface area (Å²) in [6.07, 6.45) is 0. The minimum absolute atomic E-state index is 0.0889. The number of amides is 1. The second-order valence-electron chi connectivity index (χ2n) is 5.31. The van der Waals surface area contributed by atoms with Crippen LogP contribution in [0.3, 0.4) is 0 Å². The quantitative estimate of drug-likeness (QED) is 0.854. The van der Waals surface area contributed by atoms with E-state index in [9.17, 15) is 4.79 Å². The van der Waals surface area contributed by atoms with Gasteiger partial charge in [-0.1, -0.05) is 24.3 Å². The second-order valence-corrected chi connectivity index (χ2v) is 5.31. The van der Waals surface area contributed by atoms with E-state index < -0.39 is 0 Å². The fraction of sp³-hybridized carbons (Fsp3) is 0.222. The summed E-state index contributed by atoms with van der Waals surface area (Å²) in [5.41, 5.74) is 2.45. The summed E-state index contributed by atoms with van der Waals surface area (Å²) in [4.78, 5) is 16.5. The van der Waals surface area contributed by atoms with Crippen LogP contribution in [-0.4, -0.2) is 37.0 Å². The SMILES string of the molecule is N#Cc1cccc(N2CCN(C(=O)c3ccccc3)CC2)c1. The smallest absolute Gasteiger partial charge is 0.253 e. The molecule has 1 aliphatic heterocycles. The van der Waals surface area contributed by atoms with Crippen LogP contribution < -0.4 is 4.90 Å². The predicted molar refractivity (Wildman–Crippen MR) is 85.7 cm³/mol. The highest BCUT2D eigenvalue weighted by atomic mass is 16.2. The van der Waals surface area contributed by atoms with Gasteiger partial charge >= 0.3 is 0 Å². The molecule has 0 aromatic heterocycles. The van der Waals surface area contributed by atoms with Gasteiger partial charge in [0.2, 0.25) is 0 Å². The molecule has 1 amide bonds. The predicted octanol–water partition coefficient (Wildman–Crippen LogP) is 2.52. The number of nitrogens with zero attached hydrogens (tertiary/aromatic N) is 3. The Labute approximate surface area is 130 Å². The highest BCUT2D eigenvalue weighted by Gasteiger charge is 2.22. The summed E-state index contributed by atoms with van der Waals surface area (Å²) >= 11 is 0. The number of piperazine rings is 1. The van der Waals surface area contributed by atoms with E-state index in [1.54, 1.807) is 6.07 Å². The lowest BCUT2D eigenvalue weighted by Gasteiger charge is -2.36. The van der Waals surface area contributed by atoms with Crippen molar-refractivity contribution in [1.29, 1.82) is 5.26 Å². The van der Waals surface area contributed by atoms with Crippen molar-refractivity contribution in [3.8, 4) is 6.07 Å². The normalized spacial score (nSPS) is 14.5. The third-order valence-electron chi connectivity index (χ3n) is 3.93. The molecule has 0 bridgehead atoms. The third-order valence-corrected chi connectivity index (χ3v) is 3.93. The Balaban J connectivity index is 1.65. The van der Waals surface area contributed by atoms with Gasteiger partial charge in [-0.3, -0.25) is 4.79 Å². The van der Waals surface area contributed by atoms with Crippen molar-refractivity contribution < 1.29 is 4.79 Å². The van der Waals surface area contributed by atoms with Crippen molar-refractivity contribution in [3.05, 3.63) is 65.7 Å². The zero-order chi connectivity index (χ0) is 15.4. The molecular formula is C18H17N3O. The molecule has 22 heavy (non-hydrogen) atoms. The molecule has 0 unspecified atom stereocenters. The molecule has 2 aromatic carbocycles. The molecule has 1 fully saturated rings. The molecule has 0 radical (unpaired) electrons. The first-order valence-electron chi connectivity index (χ1n) is 7.37. The number of carbonyl (C=O) groups excluding carboxylic acids is 1. The van der Waals surface area contributed by atoms with E-state index in [0.717, 1.165) is 24.3 Å². The zero-order valence-corrected chi connectivity index (χ0v) is 12.3. The van der Waals surface area contributed by atoms with Crippen molar-refractivity contribution in [3.63, 3.8) is 0 Å². The lowest BCUT2D eigenvalue weighted by atomic mass is 10.1.